The van der Waals surface area contributed by atoms with Crippen LogP contribution in [0.4, 0.5) is 11.4 Å². The number of amides is 1. The molecule has 2 aromatic carbocycles. The molecule has 31 heavy (non-hydrogen) atoms. The highest BCUT2D eigenvalue weighted by Crippen LogP contribution is 2.29. The number of nitrogens with one attached hydrogen (secondary N) is 1. The Labute approximate surface area is 177 Å². The van der Waals surface area contributed by atoms with Crippen LogP contribution in [0.3, 0.4) is 0 Å². The van der Waals surface area contributed by atoms with Crippen molar-refractivity contribution in [1.82, 2.24) is 9.78 Å². The smallest absolute Gasteiger partial charge is 0.338 e. The molecular weight excluding hydrogens is 404 g/mol. The van der Waals surface area contributed by atoms with Gasteiger partial charge in [0.25, 0.3) is 11.6 Å². The van der Waals surface area contributed by atoms with Gasteiger partial charge in [0.15, 0.2) is 6.61 Å². The van der Waals surface area contributed by atoms with Gasteiger partial charge >= 0.3 is 5.97 Å². The number of aryl methyl sites for hydroxylation is 1. The molecule has 10 nitrogen and oxygen atoms in total. The SMILES string of the molecule is CCOc1ccc(NC(=O)COC(=O)c2ccc(-n3nccc3C)cc2)c([N+](=O)[O-])c1. The summed E-state index contributed by atoms with van der Waals surface area (Å²) in [5, 5.41) is 17.8. The highest BCUT2D eigenvalue weighted by atomic mass is 16.6. The maximum atomic E-state index is 12.2. The van der Waals surface area contributed by atoms with Crippen LogP contribution in [-0.2, 0) is 9.53 Å². The number of benzene rings is 2. The van der Waals surface area contributed by atoms with Gasteiger partial charge in [-0.2, -0.15) is 5.10 Å². The van der Waals surface area contributed by atoms with E-state index >= 15 is 0 Å². The monoisotopic (exact) mass is 424 g/mol. The van der Waals surface area contributed by atoms with Crippen LogP contribution in [0.15, 0.2) is 54.7 Å². The minimum absolute atomic E-state index is 0.0200. The average Bonchev–Trinajstić information content (AvgIpc) is 3.19. The summed E-state index contributed by atoms with van der Waals surface area (Å²) < 4.78 is 12.0. The van der Waals surface area contributed by atoms with Gasteiger partial charge in [0, 0.05) is 11.9 Å². The van der Waals surface area contributed by atoms with E-state index in [1.54, 1.807) is 42.1 Å². The van der Waals surface area contributed by atoms with Crippen molar-refractivity contribution in [3.63, 3.8) is 0 Å². The first-order valence-electron chi connectivity index (χ1n) is 9.38. The average molecular weight is 424 g/mol. The van der Waals surface area contributed by atoms with Crippen LogP contribution < -0.4 is 10.1 Å². The largest absolute Gasteiger partial charge is 0.494 e. The first-order chi connectivity index (χ1) is 14.9. The quantitative estimate of drug-likeness (QED) is 0.334. The number of carbonyl (C=O) groups excluding carboxylic acids is 2. The number of nitro benzene ring substituents is 1. The zero-order valence-corrected chi connectivity index (χ0v) is 16.9. The predicted molar refractivity (Wildman–Crippen MR) is 111 cm³/mol. The number of nitro groups is 1. The van der Waals surface area contributed by atoms with E-state index in [0.717, 1.165) is 11.4 Å². The molecule has 0 saturated carbocycles. The molecule has 1 N–H and O–H groups in total. The molecule has 10 heteroatoms. The highest BCUT2D eigenvalue weighted by Gasteiger charge is 2.18. The van der Waals surface area contributed by atoms with E-state index in [1.807, 2.05) is 13.0 Å². The van der Waals surface area contributed by atoms with Gasteiger partial charge in [0.05, 0.1) is 28.8 Å². The van der Waals surface area contributed by atoms with E-state index in [1.165, 1.54) is 18.2 Å². The third-order valence-electron chi connectivity index (χ3n) is 4.26. The van der Waals surface area contributed by atoms with Gasteiger partial charge in [-0.3, -0.25) is 14.9 Å². The number of nitrogens with zero attached hydrogens (tertiary/aromatic N) is 3. The molecule has 1 heterocycles. The van der Waals surface area contributed by atoms with Crippen LogP contribution in [0.5, 0.6) is 5.75 Å². The summed E-state index contributed by atoms with van der Waals surface area (Å²) in [4.78, 5) is 35.0. The van der Waals surface area contributed by atoms with E-state index in [2.05, 4.69) is 10.4 Å². The van der Waals surface area contributed by atoms with E-state index in [0.29, 0.717) is 12.4 Å². The minimum Gasteiger partial charge on any atom is -0.494 e. The summed E-state index contributed by atoms with van der Waals surface area (Å²) in [6.07, 6.45) is 1.67. The molecule has 0 unspecified atom stereocenters. The number of carbonyl (C=O) groups is 2. The summed E-state index contributed by atoms with van der Waals surface area (Å²) in [6, 6.07) is 12.5. The standard InChI is InChI=1S/C21H20N4O6/c1-3-30-17-8-9-18(19(12-17)25(28)29)23-20(26)13-31-21(27)15-4-6-16(7-5-15)24-14(2)10-11-22-24/h4-12H,3,13H2,1-2H3,(H,23,26). The predicted octanol–water partition coefficient (Wildman–Crippen LogP) is 3.28. The molecular formula is C21H20N4O6. The van der Waals surface area contributed by atoms with Gasteiger partial charge < -0.3 is 14.8 Å². The number of anilines is 1. The first kappa shape index (κ1) is 21.5. The topological polar surface area (TPSA) is 126 Å². The third-order valence-corrected chi connectivity index (χ3v) is 4.26. The summed E-state index contributed by atoms with van der Waals surface area (Å²) in [6.45, 7) is 3.41. The van der Waals surface area contributed by atoms with Crippen molar-refractivity contribution >= 4 is 23.3 Å². The van der Waals surface area contributed by atoms with Gasteiger partial charge in [0.2, 0.25) is 0 Å². The normalized spacial score (nSPS) is 10.4. The molecule has 0 aliphatic heterocycles. The first-order valence-corrected chi connectivity index (χ1v) is 9.38. The lowest BCUT2D eigenvalue weighted by Gasteiger charge is -2.09. The Bertz CT molecular complexity index is 1110. The molecule has 1 aromatic heterocycles. The minimum atomic E-state index is -0.704. The summed E-state index contributed by atoms with van der Waals surface area (Å²) in [5.41, 5.74) is 1.63. The van der Waals surface area contributed by atoms with Gasteiger partial charge in [0.1, 0.15) is 11.4 Å². The maximum absolute atomic E-state index is 12.2. The molecule has 0 aliphatic carbocycles. The second kappa shape index (κ2) is 9.53. The van der Waals surface area contributed by atoms with Gasteiger partial charge in [-0.1, -0.05) is 0 Å². The Morgan fingerprint density at radius 1 is 1.16 bits per heavy atom. The van der Waals surface area contributed by atoms with E-state index in [4.69, 9.17) is 9.47 Å². The molecule has 0 fully saturated rings. The zero-order valence-electron chi connectivity index (χ0n) is 16.9. The number of hydrogen-bond acceptors (Lipinski definition) is 7. The molecule has 0 aliphatic rings. The number of esters is 1. The fraction of sp³-hybridized carbons (Fsp3) is 0.190. The van der Waals surface area contributed by atoms with E-state index < -0.39 is 23.4 Å². The number of aromatic nitrogens is 2. The van der Waals surface area contributed by atoms with Crippen molar-refractivity contribution in [3.8, 4) is 11.4 Å². The molecule has 0 spiro atoms. The van der Waals surface area contributed by atoms with Crippen LogP contribution in [0.1, 0.15) is 23.0 Å². The van der Waals surface area contributed by atoms with Gasteiger partial charge in [-0.25, -0.2) is 9.48 Å². The second-order valence-electron chi connectivity index (χ2n) is 6.42. The van der Waals surface area contributed by atoms with E-state index in [-0.39, 0.29) is 16.9 Å². The summed E-state index contributed by atoms with van der Waals surface area (Å²) in [7, 11) is 0. The molecule has 3 aromatic rings. The van der Waals surface area contributed by atoms with Gasteiger partial charge in [-0.15, -0.1) is 0 Å². The second-order valence-corrected chi connectivity index (χ2v) is 6.42. The van der Waals surface area contributed by atoms with Crippen molar-refractivity contribution in [1.29, 1.82) is 0 Å². The number of hydrogen-bond donors (Lipinski definition) is 1. The Kier molecular flexibility index (Phi) is 6.61. The fourth-order valence-corrected chi connectivity index (χ4v) is 2.80. The van der Waals surface area contributed by atoms with Crippen molar-refractivity contribution in [2.75, 3.05) is 18.5 Å². The van der Waals surface area contributed by atoms with Crippen LogP contribution in [0.2, 0.25) is 0 Å². The molecule has 0 saturated heterocycles. The molecule has 0 bridgehead atoms. The fourth-order valence-electron chi connectivity index (χ4n) is 2.80. The Morgan fingerprint density at radius 3 is 2.52 bits per heavy atom. The van der Waals surface area contributed by atoms with Crippen molar-refractivity contribution in [3.05, 3.63) is 76.1 Å². The van der Waals surface area contributed by atoms with Gasteiger partial charge in [-0.05, 0) is 56.3 Å². The van der Waals surface area contributed by atoms with Crippen LogP contribution in [0.25, 0.3) is 5.69 Å². The molecule has 1 amide bonds. The maximum Gasteiger partial charge on any atom is 0.338 e. The molecule has 160 valence electrons. The molecule has 3 rings (SSSR count). The Balaban J connectivity index is 1.60. The number of rotatable bonds is 8. The Morgan fingerprint density at radius 2 is 1.90 bits per heavy atom. The van der Waals surface area contributed by atoms with Crippen molar-refractivity contribution in [2.45, 2.75) is 13.8 Å². The lowest BCUT2D eigenvalue weighted by molar-refractivity contribution is -0.384. The van der Waals surface area contributed by atoms with Crippen LogP contribution >= 0.6 is 0 Å². The Hall–Kier alpha value is -4.21. The summed E-state index contributed by atoms with van der Waals surface area (Å²) >= 11 is 0. The van der Waals surface area contributed by atoms with E-state index in [9.17, 15) is 19.7 Å². The van der Waals surface area contributed by atoms with Crippen LogP contribution in [-0.4, -0.2) is 39.8 Å². The lowest BCUT2D eigenvalue weighted by atomic mass is 10.2. The van der Waals surface area contributed by atoms with Crippen molar-refractivity contribution in [2.24, 2.45) is 0 Å². The third kappa shape index (κ3) is 5.24. The highest BCUT2D eigenvalue weighted by molar-refractivity contribution is 5.97. The van der Waals surface area contributed by atoms with Crippen molar-refractivity contribution < 1.29 is 24.0 Å². The molecule has 0 radical (unpaired) electrons. The zero-order chi connectivity index (χ0) is 22.4. The summed E-state index contributed by atoms with van der Waals surface area (Å²) in [5.74, 6) is -1.09. The van der Waals surface area contributed by atoms with Crippen LogP contribution in [0, 0.1) is 17.0 Å². The number of ether oxygens (including phenoxy) is 2. The molecule has 0 atom stereocenters. The lowest BCUT2D eigenvalue weighted by Crippen LogP contribution is -2.21.